The number of benzene rings is 1. The molecular weight excluding hydrogens is 226 g/mol. The zero-order valence-electron chi connectivity index (χ0n) is 9.13. The van der Waals surface area contributed by atoms with Crippen LogP contribution < -0.4 is 5.32 Å². The second kappa shape index (κ2) is 7.89. The summed E-state index contributed by atoms with van der Waals surface area (Å²) in [4.78, 5) is 0. The molecule has 0 aromatic heterocycles. The molecule has 1 aromatic rings. The summed E-state index contributed by atoms with van der Waals surface area (Å²) in [5.74, 6) is 2.43. The van der Waals surface area contributed by atoms with Gasteiger partial charge in [-0.3, -0.25) is 0 Å². The molecular formula is C12H18ClNS. The predicted molar refractivity (Wildman–Crippen MR) is 72.2 cm³/mol. The number of anilines is 1. The Kier molecular flexibility index (Phi) is 6.69. The molecule has 1 nitrogen and oxygen atoms in total. The largest absolute Gasteiger partial charge is 0.384 e. The smallest absolute Gasteiger partial charge is 0.0426 e. The van der Waals surface area contributed by atoms with E-state index < -0.39 is 0 Å². The average molecular weight is 244 g/mol. The van der Waals surface area contributed by atoms with Crippen molar-refractivity contribution < 1.29 is 0 Å². The molecule has 1 N–H and O–H groups in total. The highest BCUT2D eigenvalue weighted by Gasteiger charge is 1.93. The van der Waals surface area contributed by atoms with Crippen molar-refractivity contribution in [2.45, 2.75) is 19.8 Å². The molecule has 0 fully saturated rings. The minimum absolute atomic E-state index is 0.790. The van der Waals surface area contributed by atoms with Crippen molar-refractivity contribution in [1.29, 1.82) is 0 Å². The van der Waals surface area contributed by atoms with Gasteiger partial charge < -0.3 is 5.32 Å². The summed E-state index contributed by atoms with van der Waals surface area (Å²) in [6.07, 6.45) is 2.61. The van der Waals surface area contributed by atoms with E-state index in [0.717, 1.165) is 23.0 Å². The van der Waals surface area contributed by atoms with E-state index in [9.17, 15) is 0 Å². The molecule has 0 aliphatic heterocycles. The standard InChI is InChI=1S/C12H18ClNS/c1-2-3-8-15-9-7-14-12-6-4-5-11(13)10-12/h4-6,10,14H,2-3,7-9H2,1H3. The Labute approximate surface area is 102 Å². The van der Waals surface area contributed by atoms with Gasteiger partial charge in [-0.1, -0.05) is 31.0 Å². The lowest BCUT2D eigenvalue weighted by molar-refractivity contribution is 0.896. The fourth-order valence-electron chi connectivity index (χ4n) is 1.21. The third-order valence-electron chi connectivity index (χ3n) is 2.04. The van der Waals surface area contributed by atoms with E-state index in [1.54, 1.807) is 0 Å². The molecule has 0 atom stereocenters. The van der Waals surface area contributed by atoms with Gasteiger partial charge in [0.1, 0.15) is 0 Å². The number of hydrogen-bond donors (Lipinski definition) is 1. The second-order valence-electron chi connectivity index (χ2n) is 3.40. The maximum absolute atomic E-state index is 5.88. The van der Waals surface area contributed by atoms with Gasteiger partial charge in [0.2, 0.25) is 0 Å². The molecule has 0 radical (unpaired) electrons. The van der Waals surface area contributed by atoms with Gasteiger partial charge in [-0.15, -0.1) is 0 Å². The molecule has 0 spiro atoms. The molecule has 0 heterocycles. The molecule has 84 valence electrons. The highest BCUT2D eigenvalue weighted by atomic mass is 35.5. The number of unbranched alkanes of at least 4 members (excludes halogenated alkanes) is 1. The van der Waals surface area contributed by atoms with E-state index in [1.165, 1.54) is 18.6 Å². The van der Waals surface area contributed by atoms with Crippen molar-refractivity contribution in [3.8, 4) is 0 Å². The number of hydrogen-bond acceptors (Lipinski definition) is 2. The van der Waals surface area contributed by atoms with Crippen LogP contribution in [0.3, 0.4) is 0 Å². The summed E-state index contributed by atoms with van der Waals surface area (Å²) in [6, 6.07) is 7.86. The molecule has 1 rings (SSSR count). The van der Waals surface area contributed by atoms with Crippen molar-refractivity contribution in [3.63, 3.8) is 0 Å². The Hall–Kier alpha value is -0.340. The van der Waals surface area contributed by atoms with Crippen LogP contribution in [0, 0.1) is 0 Å². The summed E-state index contributed by atoms with van der Waals surface area (Å²) < 4.78 is 0. The van der Waals surface area contributed by atoms with Gasteiger partial charge in [0.25, 0.3) is 0 Å². The van der Waals surface area contributed by atoms with E-state index in [4.69, 9.17) is 11.6 Å². The van der Waals surface area contributed by atoms with E-state index in [-0.39, 0.29) is 0 Å². The zero-order chi connectivity index (χ0) is 10.9. The summed E-state index contributed by atoms with van der Waals surface area (Å²) >= 11 is 7.89. The highest BCUT2D eigenvalue weighted by molar-refractivity contribution is 7.99. The van der Waals surface area contributed by atoms with Crippen molar-refractivity contribution >= 4 is 29.1 Å². The van der Waals surface area contributed by atoms with Crippen LogP contribution in [-0.2, 0) is 0 Å². The maximum Gasteiger partial charge on any atom is 0.0426 e. The summed E-state index contributed by atoms with van der Waals surface area (Å²) in [7, 11) is 0. The summed E-state index contributed by atoms with van der Waals surface area (Å²) in [5.41, 5.74) is 1.11. The number of halogens is 1. The summed E-state index contributed by atoms with van der Waals surface area (Å²) in [6.45, 7) is 3.24. The van der Waals surface area contributed by atoms with Gasteiger partial charge in [-0.25, -0.2) is 0 Å². The SMILES string of the molecule is CCCCSCCNc1cccc(Cl)c1. The molecule has 0 saturated carbocycles. The lowest BCUT2D eigenvalue weighted by atomic mass is 10.3. The predicted octanol–water partition coefficient (Wildman–Crippen LogP) is 4.29. The van der Waals surface area contributed by atoms with Gasteiger partial charge in [-0.05, 0) is 30.4 Å². The lowest BCUT2D eigenvalue weighted by Crippen LogP contribution is -2.04. The van der Waals surface area contributed by atoms with Gasteiger partial charge >= 0.3 is 0 Å². The van der Waals surface area contributed by atoms with Crippen molar-refractivity contribution in [2.24, 2.45) is 0 Å². The minimum Gasteiger partial charge on any atom is -0.384 e. The lowest BCUT2D eigenvalue weighted by Gasteiger charge is -2.06. The fraction of sp³-hybridized carbons (Fsp3) is 0.500. The van der Waals surface area contributed by atoms with Crippen LogP contribution in [0.25, 0.3) is 0 Å². The molecule has 0 aliphatic carbocycles. The first-order valence-electron chi connectivity index (χ1n) is 5.40. The first-order chi connectivity index (χ1) is 7.33. The first-order valence-corrected chi connectivity index (χ1v) is 6.93. The molecule has 0 aliphatic rings. The molecule has 1 aromatic carbocycles. The van der Waals surface area contributed by atoms with Crippen molar-refractivity contribution in [2.75, 3.05) is 23.4 Å². The van der Waals surface area contributed by atoms with Crippen LogP contribution in [0.5, 0.6) is 0 Å². The normalized spacial score (nSPS) is 10.3. The van der Waals surface area contributed by atoms with Gasteiger partial charge in [0.05, 0.1) is 0 Å². The van der Waals surface area contributed by atoms with Crippen LogP contribution in [0.4, 0.5) is 5.69 Å². The van der Waals surface area contributed by atoms with E-state index in [0.29, 0.717) is 0 Å². The van der Waals surface area contributed by atoms with Crippen LogP contribution in [0.1, 0.15) is 19.8 Å². The second-order valence-corrected chi connectivity index (χ2v) is 5.06. The van der Waals surface area contributed by atoms with Crippen LogP contribution >= 0.6 is 23.4 Å². The monoisotopic (exact) mass is 243 g/mol. The van der Waals surface area contributed by atoms with Crippen molar-refractivity contribution in [1.82, 2.24) is 0 Å². The van der Waals surface area contributed by atoms with Crippen LogP contribution in [-0.4, -0.2) is 18.1 Å². The van der Waals surface area contributed by atoms with Crippen LogP contribution in [0.2, 0.25) is 5.02 Å². The summed E-state index contributed by atoms with van der Waals surface area (Å²) in [5, 5.41) is 4.15. The molecule has 3 heteroatoms. The molecule has 0 amide bonds. The first kappa shape index (κ1) is 12.7. The maximum atomic E-state index is 5.88. The van der Waals surface area contributed by atoms with Gasteiger partial charge in [-0.2, -0.15) is 11.8 Å². The van der Waals surface area contributed by atoms with E-state index in [2.05, 4.69) is 12.2 Å². The Morgan fingerprint density at radius 2 is 2.20 bits per heavy atom. The number of nitrogens with one attached hydrogen (secondary N) is 1. The van der Waals surface area contributed by atoms with Crippen molar-refractivity contribution in [3.05, 3.63) is 29.3 Å². The Morgan fingerprint density at radius 3 is 2.93 bits per heavy atom. The Morgan fingerprint density at radius 1 is 1.33 bits per heavy atom. The fourth-order valence-corrected chi connectivity index (χ4v) is 2.35. The third kappa shape index (κ3) is 5.95. The van der Waals surface area contributed by atoms with E-state index >= 15 is 0 Å². The van der Waals surface area contributed by atoms with Gasteiger partial charge in [0, 0.05) is 23.0 Å². The van der Waals surface area contributed by atoms with Crippen LogP contribution in [0.15, 0.2) is 24.3 Å². The number of thioether (sulfide) groups is 1. The average Bonchev–Trinajstić information content (AvgIpc) is 2.23. The van der Waals surface area contributed by atoms with Gasteiger partial charge in [0.15, 0.2) is 0 Å². The quantitative estimate of drug-likeness (QED) is 0.718. The van der Waals surface area contributed by atoms with E-state index in [1.807, 2.05) is 36.0 Å². The molecule has 0 bridgehead atoms. The Bertz CT molecular complexity index is 278. The Balaban J connectivity index is 2.10. The zero-order valence-corrected chi connectivity index (χ0v) is 10.7. The molecule has 0 unspecified atom stereocenters. The molecule has 0 saturated heterocycles. The number of rotatable bonds is 7. The topological polar surface area (TPSA) is 12.0 Å². The highest BCUT2D eigenvalue weighted by Crippen LogP contribution is 2.14. The minimum atomic E-state index is 0.790. The third-order valence-corrected chi connectivity index (χ3v) is 3.35. The molecule has 15 heavy (non-hydrogen) atoms.